The van der Waals surface area contributed by atoms with Gasteiger partial charge >= 0.3 is 0 Å². The predicted octanol–water partition coefficient (Wildman–Crippen LogP) is 9.02. The molecule has 0 aliphatic heterocycles. The Morgan fingerprint density at radius 3 is 1.30 bits per heavy atom. The molecule has 2 aromatic heterocycles. The summed E-state index contributed by atoms with van der Waals surface area (Å²) in [6, 6.07) is 9.95. The zero-order valence-electron chi connectivity index (χ0n) is 24.6. The second-order valence-electron chi connectivity index (χ2n) is 13.6. The normalized spacial score (nSPS) is 16.4. The first-order valence-electron chi connectivity index (χ1n) is 14.5. The van der Waals surface area contributed by atoms with E-state index in [1.807, 2.05) is 12.4 Å². The maximum Gasteiger partial charge on any atom is 0.116 e. The lowest BCUT2D eigenvalue weighted by Gasteiger charge is -2.27. The summed E-state index contributed by atoms with van der Waals surface area (Å²) in [7, 11) is 0. The van der Waals surface area contributed by atoms with Gasteiger partial charge in [0.05, 0.1) is 11.4 Å². The minimum atomic E-state index is -0.163. The van der Waals surface area contributed by atoms with Crippen molar-refractivity contribution in [3.63, 3.8) is 0 Å². The minimum Gasteiger partial charge on any atom is -0.244 e. The second-order valence-corrected chi connectivity index (χ2v) is 13.6. The molecule has 0 spiro atoms. The summed E-state index contributed by atoms with van der Waals surface area (Å²) in [5.74, 6) is 0.743. The van der Waals surface area contributed by atoms with E-state index < -0.39 is 0 Å². The number of fused-ring (bicyclic) bond motifs is 8. The molecule has 4 nitrogen and oxygen atoms in total. The molecule has 2 aliphatic rings. The first-order valence-corrected chi connectivity index (χ1v) is 14.5. The molecule has 0 atom stereocenters. The number of hydrogen-bond acceptors (Lipinski definition) is 4. The molecular formula is C36H34N4. The van der Waals surface area contributed by atoms with Crippen LogP contribution < -0.4 is 0 Å². The molecule has 0 unspecified atom stereocenters. The van der Waals surface area contributed by atoms with Crippen molar-refractivity contribution >= 4 is 32.3 Å². The first-order chi connectivity index (χ1) is 19.0. The third kappa shape index (κ3) is 2.67. The Morgan fingerprint density at radius 2 is 0.925 bits per heavy atom. The average molecular weight is 523 g/mol. The van der Waals surface area contributed by atoms with Crippen molar-refractivity contribution < 1.29 is 0 Å². The molecule has 4 heteroatoms. The molecule has 0 N–H and O–H groups in total. The van der Waals surface area contributed by atoms with Gasteiger partial charge in [0.2, 0.25) is 0 Å². The molecule has 0 amide bonds. The number of nitrogens with zero attached hydrogens (tertiary/aromatic N) is 4. The van der Waals surface area contributed by atoms with Gasteiger partial charge in [-0.05, 0) is 90.7 Å². The maximum absolute atomic E-state index is 4.89. The molecule has 0 radical (unpaired) electrons. The summed E-state index contributed by atoms with van der Waals surface area (Å²) in [5, 5.41) is 8.11. The summed E-state index contributed by atoms with van der Waals surface area (Å²) in [6.07, 6.45) is 7.45. The maximum atomic E-state index is 4.89. The van der Waals surface area contributed by atoms with Gasteiger partial charge in [-0.15, -0.1) is 0 Å². The smallest absolute Gasteiger partial charge is 0.116 e. The molecule has 0 bridgehead atoms. The monoisotopic (exact) mass is 522 g/mol. The highest BCUT2D eigenvalue weighted by Gasteiger charge is 2.41. The van der Waals surface area contributed by atoms with Crippen LogP contribution in [-0.2, 0) is 10.8 Å². The van der Waals surface area contributed by atoms with Gasteiger partial charge in [0, 0.05) is 45.5 Å². The van der Waals surface area contributed by atoms with Crippen molar-refractivity contribution in [2.24, 2.45) is 0 Å². The molecule has 40 heavy (non-hydrogen) atoms. The molecule has 198 valence electrons. The van der Waals surface area contributed by atoms with Crippen LogP contribution in [0, 0.1) is 0 Å². The first kappa shape index (κ1) is 23.9. The topological polar surface area (TPSA) is 51.6 Å². The van der Waals surface area contributed by atoms with Gasteiger partial charge < -0.3 is 0 Å². The van der Waals surface area contributed by atoms with Crippen LogP contribution in [0.15, 0.2) is 49.3 Å². The highest BCUT2D eigenvalue weighted by atomic mass is 14.8. The van der Waals surface area contributed by atoms with Crippen LogP contribution >= 0.6 is 0 Å². The Kier molecular flexibility index (Phi) is 4.44. The molecule has 4 aromatic carbocycles. The number of hydrogen-bond donors (Lipinski definition) is 0. The Hall–Kier alpha value is -3.92. The van der Waals surface area contributed by atoms with E-state index in [2.05, 4.69) is 89.6 Å². The van der Waals surface area contributed by atoms with Crippen molar-refractivity contribution in [1.82, 2.24) is 19.9 Å². The third-order valence-electron chi connectivity index (χ3n) is 10.0. The van der Waals surface area contributed by atoms with Crippen LogP contribution in [0.1, 0.15) is 101 Å². The van der Waals surface area contributed by atoms with Gasteiger partial charge in [-0.2, -0.15) is 0 Å². The Balaban J connectivity index is 1.68. The highest BCUT2D eigenvalue weighted by Crippen LogP contribution is 2.57. The molecule has 0 saturated carbocycles. The summed E-state index contributed by atoms with van der Waals surface area (Å²) >= 11 is 0. The van der Waals surface area contributed by atoms with E-state index in [1.165, 1.54) is 76.8 Å². The molecule has 2 aliphatic carbocycles. The summed E-state index contributed by atoms with van der Waals surface area (Å²) in [5.41, 5.74) is 12.3. The van der Waals surface area contributed by atoms with Crippen molar-refractivity contribution in [3.8, 4) is 22.5 Å². The average Bonchev–Trinajstić information content (AvgIpc) is 3.30. The zero-order valence-corrected chi connectivity index (χ0v) is 24.6. The van der Waals surface area contributed by atoms with E-state index in [-0.39, 0.29) is 10.8 Å². The van der Waals surface area contributed by atoms with Gasteiger partial charge in [0.1, 0.15) is 12.7 Å². The molecule has 8 rings (SSSR count). The number of aromatic nitrogens is 4. The van der Waals surface area contributed by atoms with Crippen LogP contribution in [0.25, 0.3) is 54.8 Å². The van der Waals surface area contributed by atoms with Crippen LogP contribution in [0.4, 0.5) is 0 Å². The van der Waals surface area contributed by atoms with Crippen molar-refractivity contribution in [2.75, 3.05) is 0 Å². The van der Waals surface area contributed by atoms with Crippen LogP contribution in [0.5, 0.6) is 0 Å². The Morgan fingerprint density at radius 1 is 0.525 bits per heavy atom. The van der Waals surface area contributed by atoms with Crippen LogP contribution in [0.2, 0.25) is 0 Å². The van der Waals surface area contributed by atoms with E-state index in [1.54, 1.807) is 12.7 Å². The van der Waals surface area contributed by atoms with Crippen molar-refractivity contribution in [3.05, 3.63) is 82.7 Å². The van der Waals surface area contributed by atoms with Gasteiger partial charge in [0.15, 0.2) is 0 Å². The summed E-state index contributed by atoms with van der Waals surface area (Å²) in [6.45, 7) is 18.6. The lowest BCUT2D eigenvalue weighted by molar-refractivity contribution is 0.655. The SMILES string of the molecule is CC(C)c1cc2c3c(cc4c(C(C)C)cc5c6c(cc1c5c42)C(C)(C)c1cncnc1-6)C(C)(C)c1cncnc1-3. The predicted molar refractivity (Wildman–Crippen MR) is 165 cm³/mol. The minimum absolute atomic E-state index is 0.163. The fourth-order valence-electron chi connectivity index (χ4n) is 7.87. The summed E-state index contributed by atoms with van der Waals surface area (Å²) < 4.78 is 0. The van der Waals surface area contributed by atoms with Gasteiger partial charge in [0.25, 0.3) is 0 Å². The van der Waals surface area contributed by atoms with Crippen LogP contribution in [-0.4, -0.2) is 19.9 Å². The fraction of sp³-hybridized carbons (Fsp3) is 0.333. The third-order valence-corrected chi connectivity index (χ3v) is 10.0. The standard InChI is InChI=1S/C36H34N4/c1-17(2)19-9-23-30-22(12-26-31(23)33-27(36(26,7)8)13-37-15-39-33)20(18(3)4)10-24-29(30)21(19)11-25-32(24)34-28(35(25,5)6)14-38-16-40-34/h9-18H,1-8H3. The van der Waals surface area contributed by atoms with Crippen molar-refractivity contribution in [1.29, 1.82) is 0 Å². The van der Waals surface area contributed by atoms with E-state index in [9.17, 15) is 0 Å². The fourth-order valence-corrected chi connectivity index (χ4v) is 7.87. The lowest BCUT2D eigenvalue weighted by Crippen LogP contribution is -2.16. The summed E-state index contributed by atoms with van der Waals surface area (Å²) in [4.78, 5) is 18.7. The zero-order chi connectivity index (χ0) is 27.9. The van der Waals surface area contributed by atoms with Crippen LogP contribution in [0.3, 0.4) is 0 Å². The highest BCUT2D eigenvalue weighted by molar-refractivity contribution is 6.30. The largest absolute Gasteiger partial charge is 0.244 e. The molecule has 2 heterocycles. The van der Waals surface area contributed by atoms with E-state index in [0.717, 1.165) is 11.4 Å². The van der Waals surface area contributed by atoms with Gasteiger partial charge in [-0.25, -0.2) is 19.9 Å². The van der Waals surface area contributed by atoms with E-state index >= 15 is 0 Å². The van der Waals surface area contributed by atoms with Crippen molar-refractivity contribution in [2.45, 2.75) is 78.1 Å². The van der Waals surface area contributed by atoms with E-state index in [0.29, 0.717) is 11.8 Å². The number of rotatable bonds is 2. The molecular weight excluding hydrogens is 488 g/mol. The second kappa shape index (κ2) is 7.42. The molecule has 6 aromatic rings. The Labute approximate surface area is 235 Å². The lowest BCUT2D eigenvalue weighted by atomic mass is 9.76. The van der Waals surface area contributed by atoms with Gasteiger partial charge in [-0.3, -0.25) is 0 Å². The number of benzene rings is 4. The molecule has 0 fully saturated rings. The van der Waals surface area contributed by atoms with Gasteiger partial charge in [-0.1, -0.05) is 55.4 Å². The Bertz CT molecular complexity index is 1910. The quantitative estimate of drug-likeness (QED) is 0.213. The van der Waals surface area contributed by atoms with E-state index in [4.69, 9.17) is 9.97 Å². The molecule has 0 saturated heterocycles.